The Morgan fingerprint density at radius 3 is 2.59 bits per heavy atom. The molecule has 1 unspecified atom stereocenters. The normalized spacial score (nSPS) is 12.7. The number of anilines is 1. The van der Waals surface area contributed by atoms with E-state index in [1.165, 1.54) is 0 Å². The van der Waals surface area contributed by atoms with Crippen LogP contribution >= 0.6 is 11.6 Å². The Balaban J connectivity index is 1.99. The van der Waals surface area contributed by atoms with E-state index < -0.39 is 6.10 Å². The molecule has 3 aromatic rings. The molecule has 27 heavy (non-hydrogen) atoms. The number of aromatic nitrogens is 1. The molecule has 1 aromatic heterocycles. The number of nitrogens with one attached hydrogen (secondary N) is 1. The number of halogens is 1. The van der Waals surface area contributed by atoms with Crippen LogP contribution in [0, 0.1) is 0 Å². The molecule has 0 aliphatic heterocycles. The summed E-state index contributed by atoms with van der Waals surface area (Å²) in [5.74, 6) is 0.768. The van der Waals surface area contributed by atoms with E-state index in [-0.39, 0.29) is 0 Å². The molecule has 2 N–H and O–H groups in total. The van der Waals surface area contributed by atoms with Crippen molar-refractivity contribution in [2.45, 2.75) is 20.0 Å². The maximum Gasteiger partial charge on any atom is 0.119 e. The van der Waals surface area contributed by atoms with E-state index in [1.54, 1.807) is 7.11 Å². The highest BCUT2D eigenvalue weighted by atomic mass is 35.5. The molecule has 3 rings (SSSR count). The van der Waals surface area contributed by atoms with Crippen LogP contribution in [0.15, 0.2) is 36.4 Å². The number of hydrogen-bond donors (Lipinski definition) is 2. The van der Waals surface area contributed by atoms with E-state index in [1.807, 2.05) is 36.4 Å². The number of methoxy groups -OCH3 is 1. The molecule has 1 heterocycles. The van der Waals surface area contributed by atoms with E-state index in [9.17, 15) is 5.11 Å². The van der Waals surface area contributed by atoms with Crippen LogP contribution in [0.5, 0.6) is 5.75 Å². The number of hydrogen-bond acceptors (Lipinski definition) is 5. The first-order chi connectivity index (χ1) is 13.0. The number of aliphatic hydroxyl groups is 1. The van der Waals surface area contributed by atoms with Crippen molar-refractivity contribution in [2.24, 2.45) is 0 Å². The molecule has 0 fully saturated rings. The Morgan fingerprint density at radius 1 is 1.11 bits per heavy atom. The van der Waals surface area contributed by atoms with Gasteiger partial charge in [-0.15, -0.1) is 0 Å². The fourth-order valence-electron chi connectivity index (χ4n) is 3.28. The fraction of sp³-hybridized carbons (Fsp3) is 0.381. The first-order valence-corrected chi connectivity index (χ1v) is 9.64. The molecule has 6 heteroatoms. The van der Waals surface area contributed by atoms with E-state index in [0.717, 1.165) is 46.3 Å². The van der Waals surface area contributed by atoms with E-state index in [0.29, 0.717) is 18.1 Å². The number of likely N-dealkylation sites (N-methyl/N-ethyl adjacent to an activating group) is 1. The number of nitrogens with zero attached hydrogens (tertiary/aromatic N) is 2. The number of benzene rings is 2. The predicted octanol–water partition coefficient (Wildman–Crippen LogP) is 4.16. The van der Waals surface area contributed by atoms with Gasteiger partial charge in [0.25, 0.3) is 0 Å². The van der Waals surface area contributed by atoms with Crippen molar-refractivity contribution in [3.05, 3.63) is 41.4 Å². The molecule has 0 saturated carbocycles. The van der Waals surface area contributed by atoms with Crippen molar-refractivity contribution in [3.8, 4) is 5.75 Å². The van der Waals surface area contributed by atoms with E-state index in [4.69, 9.17) is 21.3 Å². The van der Waals surface area contributed by atoms with Gasteiger partial charge in [-0.25, -0.2) is 4.98 Å². The molecule has 2 aromatic carbocycles. The molecule has 0 saturated heterocycles. The topological polar surface area (TPSA) is 57.6 Å². The average Bonchev–Trinajstić information content (AvgIpc) is 2.68. The fourth-order valence-corrected chi connectivity index (χ4v) is 3.44. The Kier molecular flexibility index (Phi) is 6.37. The lowest BCUT2D eigenvalue weighted by molar-refractivity contribution is 0.128. The lowest BCUT2D eigenvalue weighted by atomic mass is 10.1. The molecule has 0 aliphatic rings. The summed E-state index contributed by atoms with van der Waals surface area (Å²) in [6.07, 6.45) is -0.471. The Labute approximate surface area is 164 Å². The lowest BCUT2D eigenvalue weighted by Gasteiger charge is -2.23. The Morgan fingerprint density at radius 2 is 1.89 bits per heavy atom. The molecule has 0 bridgehead atoms. The third-order valence-corrected chi connectivity index (χ3v) is 5.06. The van der Waals surface area contributed by atoms with E-state index in [2.05, 4.69) is 24.1 Å². The summed E-state index contributed by atoms with van der Waals surface area (Å²) in [7, 11) is 1.65. The third-order valence-electron chi connectivity index (χ3n) is 4.82. The highest BCUT2D eigenvalue weighted by Crippen LogP contribution is 2.34. The number of pyridine rings is 1. The van der Waals surface area contributed by atoms with Gasteiger partial charge in [0, 0.05) is 28.9 Å². The summed E-state index contributed by atoms with van der Waals surface area (Å²) >= 11 is 6.16. The van der Waals surface area contributed by atoms with Crippen molar-refractivity contribution in [2.75, 3.05) is 38.6 Å². The molecule has 144 valence electrons. The summed E-state index contributed by atoms with van der Waals surface area (Å²) in [6, 6.07) is 11.5. The largest absolute Gasteiger partial charge is 0.497 e. The van der Waals surface area contributed by atoms with Crippen LogP contribution in [0.3, 0.4) is 0 Å². The van der Waals surface area contributed by atoms with Gasteiger partial charge in [-0.2, -0.15) is 0 Å². The van der Waals surface area contributed by atoms with Gasteiger partial charge in [0.15, 0.2) is 0 Å². The number of ether oxygens (including phenoxy) is 1. The second kappa shape index (κ2) is 8.74. The summed E-state index contributed by atoms with van der Waals surface area (Å²) < 4.78 is 5.38. The first kappa shape index (κ1) is 19.7. The minimum Gasteiger partial charge on any atom is -0.497 e. The van der Waals surface area contributed by atoms with Crippen LogP contribution in [-0.2, 0) is 0 Å². The maximum atomic E-state index is 10.5. The Hall–Kier alpha value is -2.08. The molecular weight excluding hydrogens is 362 g/mol. The van der Waals surface area contributed by atoms with Crippen molar-refractivity contribution >= 4 is 39.1 Å². The SMILES string of the molecule is CCN(CC)CC(O)CNc1c2ccc(Cl)cc2nc2ccc(OC)cc12. The van der Waals surface area contributed by atoms with Gasteiger partial charge in [-0.3, -0.25) is 0 Å². The predicted molar refractivity (Wildman–Crippen MR) is 113 cm³/mol. The smallest absolute Gasteiger partial charge is 0.119 e. The maximum absolute atomic E-state index is 10.5. The number of rotatable bonds is 8. The van der Waals surface area contributed by atoms with Crippen LogP contribution in [0.2, 0.25) is 5.02 Å². The third kappa shape index (κ3) is 4.43. The van der Waals surface area contributed by atoms with Crippen LogP contribution in [0.1, 0.15) is 13.8 Å². The van der Waals surface area contributed by atoms with Crippen LogP contribution < -0.4 is 10.1 Å². The van der Waals surface area contributed by atoms with Crippen molar-refractivity contribution in [1.82, 2.24) is 9.88 Å². The number of aliphatic hydroxyl groups excluding tert-OH is 1. The van der Waals surface area contributed by atoms with Crippen LogP contribution in [-0.4, -0.2) is 54.4 Å². The molecule has 0 radical (unpaired) electrons. The lowest BCUT2D eigenvalue weighted by Crippen LogP contribution is -2.36. The van der Waals surface area contributed by atoms with Crippen LogP contribution in [0.4, 0.5) is 5.69 Å². The minimum absolute atomic E-state index is 0.449. The van der Waals surface area contributed by atoms with Gasteiger partial charge >= 0.3 is 0 Å². The summed E-state index contributed by atoms with van der Waals surface area (Å²) in [5.41, 5.74) is 2.61. The van der Waals surface area contributed by atoms with Crippen molar-refractivity contribution < 1.29 is 9.84 Å². The van der Waals surface area contributed by atoms with Gasteiger partial charge in [-0.05, 0) is 49.5 Å². The molecule has 0 aliphatic carbocycles. The van der Waals surface area contributed by atoms with Gasteiger partial charge in [0.05, 0.1) is 29.9 Å². The molecule has 0 spiro atoms. The molecular formula is C21H26ClN3O2. The summed E-state index contributed by atoms with van der Waals surface area (Å²) in [5, 5.41) is 16.5. The average molecular weight is 388 g/mol. The second-order valence-corrected chi connectivity index (χ2v) is 6.99. The monoisotopic (exact) mass is 387 g/mol. The van der Waals surface area contributed by atoms with E-state index >= 15 is 0 Å². The standard InChI is InChI=1S/C21H26ClN3O2/c1-4-25(5-2)13-15(26)12-23-21-17-8-6-14(22)10-20(17)24-19-9-7-16(27-3)11-18(19)21/h6-11,15,26H,4-5,12-13H2,1-3H3,(H,23,24). The zero-order valence-electron chi connectivity index (χ0n) is 16.0. The van der Waals surface area contributed by atoms with Gasteiger partial charge in [0.1, 0.15) is 5.75 Å². The summed E-state index contributed by atoms with van der Waals surface area (Å²) in [6.45, 7) is 7.13. The number of fused-ring (bicyclic) bond motifs is 2. The zero-order valence-corrected chi connectivity index (χ0v) is 16.8. The van der Waals surface area contributed by atoms with Gasteiger partial charge in [-0.1, -0.05) is 25.4 Å². The zero-order chi connectivity index (χ0) is 19.4. The van der Waals surface area contributed by atoms with Gasteiger partial charge in [0.2, 0.25) is 0 Å². The molecule has 5 nitrogen and oxygen atoms in total. The quantitative estimate of drug-likeness (QED) is 0.568. The molecule has 0 amide bonds. The second-order valence-electron chi connectivity index (χ2n) is 6.55. The Bertz CT molecular complexity index is 928. The molecule has 1 atom stereocenters. The van der Waals surface area contributed by atoms with Crippen molar-refractivity contribution in [3.63, 3.8) is 0 Å². The van der Waals surface area contributed by atoms with Crippen LogP contribution in [0.25, 0.3) is 21.8 Å². The summed E-state index contributed by atoms with van der Waals surface area (Å²) in [4.78, 5) is 6.93. The van der Waals surface area contributed by atoms with Crippen molar-refractivity contribution in [1.29, 1.82) is 0 Å². The highest BCUT2D eigenvalue weighted by molar-refractivity contribution is 6.31. The minimum atomic E-state index is -0.471. The highest BCUT2D eigenvalue weighted by Gasteiger charge is 2.14. The van der Waals surface area contributed by atoms with Gasteiger partial charge < -0.3 is 20.1 Å². The first-order valence-electron chi connectivity index (χ1n) is 9.27.